The summed E-state index contributed by atoms with van der Waals surface area (Å²) >= 11 is 8.37. The van der Waals surface area contributed by atoms with Gasteiger partial charge in [-0.15, -0.1) is 0 Å². The van der Waals surface area contributed by atoms with Crippen molar-refractivity contribution < 1.29 is 82.4 Å². The number of hydrogen-bond acceptors (Lipinski definition) is 19. The van der Waals surface area contributed by atoms with E-state index in [1.807, 2.05) is 13.8 Å². The van der Waals surface area contributed by atoms with E-state index in [1.54, 1.807) is 0 Å². The van der Waals surface area contributed by atoms with E-state index in [1.165, 1.54) is 9.80 Å². The molecule has 0 bridgehead atoms. The van der Waals surface area contributed by atoms with Gasteiger partial charge in [-0.2, -0.15) is 25.3 Å². The van der Waals surface area contributed by atoms with E-state index in [0.29, 0.717) is 25.7 Å². The third-order valence-corrected chi connectivity index (χ3v) is 15.2. The van der Waals surface area contributed by atoms with Crippen LogP contribution in [0.25, 0.3) is 0 Å². The van der Waals surface area contributed by atoms with Gasteiger partial charge < -0.3 is 95.9 Å². The molecule has 0 saturated carbocycles. The molecule has 87 heavy (non-hydrogen) atoms. The number of aliphatic hydroxyl groups excluding tert-OH is 1. The van der Waals surface area contributed by atoms with Gasteiger partial charge in [-0.05, 0) is 96.4 Å². The number of rotatable bonds is 37. The zero-order valence-electron chi connectivity index (χ0n) is 49.0. The number of carboxylic acids is 2. The topological polar surface area (TPSA) is 531 Å². The number of carbonyl (C=O) groups is 14. The summed E-state index contributed by atoms with van der Waals surface area (Å²) in [6.45, 7) is 5.19. The fourth-order valence-corrected chi connectivity index (χ4v) is 10.4. The maximum Gasteiger partial charge on any atom is 0.328 e. The maximum absolute atomic E-state index is 14.3. The number of aliphatic carboxylic acids is 2. The van der Waals surface area contributed by atoms with Gasteiger partial charge in [0.2, 0.25) is 70.9 Å². The van der Waals surface area contributed by atoms with Gasteiger partial charge in [0, 0.05) is 44.0 Å². The number of aliphatic imine (C=N–C) groups is 1. The van der Waals surface area contributed by atoms with Crippen molar-refractivity contribution in [1.29, 1.82) is 0 Å². The van der Waals surface area contributed by atoms with E-state index < -0.39 is 180 Å². The standard InChI is InChI=1S/C52H86N16O17S2/c1-25(2)21-32(63-48(81)36-12-7-19-67(36)49(82)30-14-16-38(71)58-30)50(83)68-20-8-11-35(68)47(80)62-31(22-39(72)73)44(77)64-34(24-87)46(79)65-33(23-86)45(78)60-28(10-6-18-57-52(55)56)41(74)61-29(13-15-37(54)70)42(75)59-27(9-4-5-17-53)43(76)66-40(26(3)69)51(84)85/h25-36,40,69,86-87H,4-24,53H2,1-3H3,(H2,54,70)(H,58,71)(H,59,75)(H,60,78)(H,61,74)(H,62,80)(H,63,81)(H,64,77)(H,65,79)(H,66,76)(H,72,73)(H,84,85)(H4,55,56,57)/t26-,27+,28+,29+,30+,31+,32+,33+,34+,35+,36+,40+/m1/s1. The number of guanidine groups is 1. The van der Waals surface area contributed by atoms with Crippen LogP contribution in [0.15, 0.2) is 4.99 Å². The van der Waals surface area contributed by atoms with Crippen LogP contribution in [-0.2, 0) is 67.1 Å². The van der Waals surface area contributed by atoms with Crippen LogP contribution in [-0.4, -0.2) is 224 Å². The number of hydrogen-bond donors (Lipinski definition) is 18. The molecule has 3 aliphatic heterocycles. The van der Waals surface area contributed by atoms with E-state index in [-0.39, 0.29) is 95.3 Å². The minimum absolute atomic E-state index is 0.0196. The van der Waals surface area contributed by atoms with Crippen LogP contribution >= 0.6 is 25.3 Å². The SMILES string of the molecule is CC(C)C[C@H](NC(=O)[C@@H]1CCCN1C(=O)[C@@H]1CCC(=O)N1)C(=O)N1CCC[C@H]1C(=O)N[C@@H](CC(=O)O)C(=O)N[C@@H](CS)C(=O)N[C@@H](CS)C(=O)N[C@@H](CCCN=C(N)N)C(=O)N[C@@H](CCC(N)=O)C(=O)N[C@@H](CCCCN)C(=O)N[C@H](C(=O)O)[C@@H](C)O. The first-order valence-corrected chi connectivity index (χ1v) is 30.0. The lowest BCUT2D eigenvalue weighted by Gasteiger charge is -2.32. The number of likely N-dealkylation sites (tertiary alicyclic amines) is 2. The second-order valence-electron chi connectivity index (χ2n) is 21.9. The molecule has 20 N–H and O–H groups in total. The predicted octanol–water partition coefficient (Wildman–Crippen LogP) is -6.58. The molecule has 3 aliphatic rings. The number of nitrogens with two attached hydrogens (primary N) is 4. The highest BCUT2D eigenvalue weighted by Crippen LogP contribution is 2.24. The number of thiol groups is 2. The van der Waals surface area contributed by atoms with Crippen LogP contribution in [0.4, 0.5) is 0 Å². The predicted molar refractivity (Wildman–Crippen MR) is 316 cm³/mol. The lowest BCUT2D eigenvalue weighted by atomic mass is 10.0. The molecule has 33 nitrogen and oxygen atoms in total. The molecule has 3 fully saturated rings. The molecule has 0 aromatic carbocycles. The number of carbonyl (C=O) groups excluding carboxylic acids is 12. The molecule has 3 heterocycles. The number of nitrogens with one attached hydrogen (secondary N) is 9. The van der Waals surface area contributed by atoms with Crippen molar-refractivity contribution in [2.24, 2.45) is 33.8 Å². The molecule has 488 valence electrons. The van der Waals surface area contributed by atoms with Gasteiger partial charge in [-0.1, -0.05) is 13.8 Å². The minimum Gasteiger partial charge on any atom is -0.481 e. The van der Waals surface area contributed by atoms with Crippen LogP contribution in [0, 0.1) is 5.92 Å². The summed E-state index contributed by atoms with van der Waals surface area (Å²) in [7, 11) is 0. The van der Waals surface area contributed by atoms with Crippen LogP contribution < -0.4 is 70.8 Å². The van der Waals surface area contributed by atoms with Crippen molar-refractivity contribution in [2.75, 3.05) is 37.7 Å². The molecular weight excluding hydrogens is 1180 g/mol. The van der Waals surface area contributed by atoms with E-state index in [9.17, 15) is 82.4 Å². The lowest BCUT2D eigenvalue weighted by Crippen LogP contribution is -2.61. The highest BCUT2D eigenvalue weighted by Gasteiger charge is 2.44. The van der Waals surface area contributed by atoms with Crippen LogP contribution in [0.2, 0.25) is 0 Å². The number of carboxylic acid groups (broad SMARTS) is 2. The summed E-state index contributed by atoms with van der Waals surface area (Å²) in [6, 6.07) is -15.5. The van der Waals surface area contributed by atoms with E-state index in [4.69, 9.17) is 22.9 Å². The summed E-state index contributed by atoms with van der Waals surface area (Å²) in [5.74, 6) is -14.6. The monoisotopic (exact) mass is 1270 g/mol. The van der Waals surface area contributed by atoms with Gasteiger partial charge in [0.15, 0.2) is 12.0 Å². The average Bonchev–Trinajstić information content (AvgIpc) is 2.17. The molecule has 0 aromatic rings. The fraction of sp³-hybridized carbons (Fsp3) is 0.712. The van der Waals surface area contributed by atoms with E-state index >= 15 is 0 Å². The highest BCUT2D eigenvalue weighted by molar-refractivity contribution is 7.80. The molecule has 0 spiro atoms. The lowest BCUT2D eigenvalue weighted by molar-refractivity contribution is -0.145. The van der Waals surface area contributed by atoms with Crippen molar-refractivity contribution in [2.45, 2.75) is 190 Å². The molecular formula is C52H86N16O17S2. The van der Waals surface area contributed by atoms with Crippen LogP contribution in [0.5, 0.6) is 0 Å². The Morgan fingerprint density at radius 1 is 0.621 bits per heavy atom. The number of amides is 12. The minimum atomic E-state index is -1.85. The molecule has 3 rings (SSSR count). The maximum atomic E-state index is 14.3. The first-order valence-electron chi connectivity index (χ1n) is 28.7. The normalized spacial score (nSPS) is 19.4. The molecule has 35 heteroatoms. The van der Waals surface area contributed by atoms with Gasteiger partial charge in [-0.25, -0.2) is 4.79 Å². The Morgan fingerprint density at radius 3 is 1.55 bits per heavy atom. The van der Waals surface area contributed by atoms with Crippen molar-refractivity contribution in [3.05, 3.63) is 0 Å². The first-order chi connectivity index (χ1) is 41.0. The summed E-state index contributed by atoms with van der Waals surface area (Å²) in [6.07, 6.45) is -1.35. The number of unbranched alkanes of at least 4 members (excludes halogenated alkanes) is 1. The molecule has 12 atom stereocenters. The van der Waals surface area contributed by atoms with Crippen LogP contribution in [0.3, 0.4) is 0 Å². The summed E-state index contributed by atoms with van der Waals surface area (Å²) in [5.41, 5.74) is 21.9. The average molecular weight is 1270 g/mol. The largest absolute Gasteiger partial charge is 0.481 e. The second-order valence-corrected chi connectivity index (χ2v) is 22.6. The van der Waals surface area contributed by atoms with Gasteiger partial charge in [0.1, 0.15) is 60.4 Å². The molecule has 3 saturated heterocycles. The van der Waals surface area contributed by atoms with Gasteiger partial charge in [0.25, 0.3) is 0 Å². The third kappa shape index (κ3) is 23.9. The Morgan fingerprint density at radius 2 is 1.09 bits per heavy atom. The molecule has 0 unspecified atom stereocenters. The Labute approximate surface area is 513 Å². The zero-order valence-corrected chi connectivity index (χ0v) is 50.7. The zero-order chi connectivity index (χ0) is 65.2. The summed E-state index contributed by atoms with van der Waals surface area (Å²) in [5, 5.41) is 51.3. The quantitative estimate of drug-likeness (QED) is 0.0119. The van der Waals surface area contributed by atoms with Gasteiger partial charge in [0.05, 0.1) is 12.5 Å². The Hall–Kier alpha value is -7.53. The summed E-state index contributed by atoms with van der Waals surface area (Å²) < 4.78 is 0. The Kier molecular flexibility index (Phi) is 31.0. The molecule has 0 aliphatic carbocycles. The number of nitrogens with zero attached hydrogens (tertiary/aromatic N) is 3. The Bertz CT molecular complexity index is 2520. The smallest absolute Gasteiger partial charge is 0.328 e. The van der Waals surface area contributed by atoms with Crippen molar-refractivity contribution in [3.63, 3.8) is 0 Å². The van der Waals surface area contributed by atoms with E-state index in [0.717, 1.165) is 6.92 Å². The number of aliphatic hydroxyl groups is 1. The number of primary amides is 1. The fourth-order valence-electron chi connectivity index (χ4n) is 9.90. The molecule has 12 amide bonds. The van der Waals surface area contributed by atoms with Crippen molar-refractivity contribution in [1.82, 2.24) is 57.7 Å². The second kappa shape index (κ2) is 36.6. The van der Waals surface area contributed by atoms with Crippen molar-refractivity contribution >= 4 is 114 Å². The highest BCUT2D eigenvalue weighted by atomic mass is 32.1. The first kappa shape index (κ1) is 73.7. The molecule has 0 aromatic heterocycles. The summed E-state index contributed by atoms with van der Waals surface area (Å²) in [4.78, 5) is 192. The third-order valence-electron chi connectivity index (χ3n) is 14.5. The molecule has 0 radical (unpaired) electrons. The Balaban J connectivity index is 1.79. The van der Waals surface area contributed by atoms with Crippen molar-refractivity contribution in [3.8, 4) is 0 Å². The van der Waals surface area contributed by atoms with Gasteiger partial charge >= 0.3 is 11.9 Å². The van der Waals surface area contributed by atoms with Gasteiger partial charge in [-0.3, -0.25) is 67.3 Å². The van der Waals surface area contributed by atoms with Crippen LogP contribution in [0.1, 0.15) is 117 Å². The van der Waals surface area contributed by atoms with E-state index in [2.05, 4.69) is 78.1 Å².